The number of ether oxygens (including phenoxy) is 3. The fourth-order valence-corrected chi connectivity index (χ4v) is 5.92. The predicted octanol–water partition coefficient (Wildman–Crippen LogP) is 4.09. The molecule has 4 aromatic rings. The van der Waals surface area contributed by atoms with Crippen molar-refractivity contribution < 1.29 is 24.1 Å². The second-order valence-electron chi connectivity index (χ2n) is 10.0. The van der Waals surface area contributed by atoms with Gasteiger partial charge in [0.2, 0.25) is 6.79 Å². The van der Waals surface area contributed by atoms with Crippen LogP contribution >= 0.6 is 0 Å². The van der Waals surface area contributed by atoms with Crippen LogP contribution in [-0.2, 0) is 28.3 Å². The van der Waals surface area contributed by atoms with Crippen LogP contribution in [0.1, 0.15) is 41.2 Å². The average Bonchev–Trinajstić information content (AvgIpc) is 3.47. The Morgan fingerprint density at radius 1 is 0.973 bits per heavy atom. The summed E-state index contributed by atoms with van der Waals surface area (Å²) in [5.41, 5.74) is 5.54. The lowest BCUT2D eigenvalue weighted by Crippen LogP contribution is -2.44. The summed E-state index contributed by atoms with van der Waals surface area (Å²) in [5.74, 6) is 0.544. The molecule has 0 radical (unpaired) electrons. The number of carbonyl (C=O) groups excluding carboxylic acids is 1. The van der Waals surface area contributed by atoms with Crippen LogP contribution in [0.15, 0.2) is 41.2 Å². The van der Waals surface area contributed by atoms with Crippen molar-refractivity contribution in [3.05, 3.63) is 74.6 Å². The summed E-state index contributed by atoms with van der Waals surface area (Å²) in [5, 5.41) is 12.1. The number of cyclic esters (lactones) is 1. The quantitative estimate of drug-likeness (QED) is 0.368. The number of aliphatic hydroxyl groups is 1. The predicted molar refractivity (Wildman–Crippen MR) is 136 cm³/mol. The molecule has 0 amide bonds. The number of fused-ring (bicyclic) bond motifs is 6. The zero-order valence-corrected chi connectivity index (χ0v) is 20.7. The fraction of sp³-hybridized carbons (Fsp3) is 0.276. The number of pyridine rings is 2. The molecule has 1 N–H and O–H groups in total. The zero-order valence-electron chi connectivity index (χ0n) is 20.7. The second kappa shape index (κ2) is 7.43. The largest absolute Gasteiger partial charge is 0.458 e. The van der Waals surface area contributed by atoms with Crippen LogP contribution in [0.4, 0.5) is 0 Å². The highest BCUT2D eigenvalue weighted by molar-refractivity contribution is 6.01. The van der Waals surface area contributed by atoms with Gasteiger partial charge in [-0.1, -0.05) is 36.2 Å². The molecule has 0 aliphatic carbocycles. The lowest BCUT2D eigenvalue weighted by molar-refractivity contribution is -0.172. The Morgan fingerprint density at radius 2 is 1.70 bits per heavy atom. The molecule has 1 atom stereocenters. The molecule has 7 rings (SSSR count). The summed E-state index contributed by atoms with van der Waals surface area (Å²) in [6.07, 6.45) is 0.0943. The Kier molecular flexibility index (Phi) is 4.43. The van der Waals surface area contributed by atoms with E-state index in [9.17, 15) is 14.7 Å². The van der Waals surface area contributed by atoms with Gasteiger partial charge in [-0.15, -0.1) is 0 Å². The summed E-state index contributed by atoms with van der Waals surface area (Å²) < 4.78 is 18.2. The number of rotatable bonds is 2. The number of nitrogens with zero attached hydrogens (tertiary/aromatic N) is 2. The van der Waals surface area contributed by atoms with E-state index in [0.717, 1.165) is 33.2 Å². The Labute approximate surface area is 212 Å². The third-order valence-corrected chi connectivity index (χ3v) is 7.69. The molecule has 2 aromatic heterocycles. The maximum atomic E-state index is 13.7. The lowest BCUT2D eigenvalue weighted by Gasteiger charge is -2.31. The molecule has 0 saturated heterocycles. The number of hydrogen-bond donors (Lipinski definition) is 1. The molecular weight excluding hydrogens is 472 g/mol. The monoisotopic (exact) mass is 496 g/mol. The molecule has 8 nitrogen and oxygen atoms in total. The van der Waals surface area contributed by atoms with Crippen molar-refractivity contribution in [1.29, 1.82) is 0 Å². The highest BCUT2D eigenvalue weighted by Crippen LogP contribution is 2.46. The Hall–Kier alpha value is -4.17. The molecule has 3 aliphatic heterocycles. The van der Waals surface area contributed by atoms with Gasteiger partial charge in [0.1, 0.15) is 6.61 Å². The van der Waals surface area contributed by atoms with E-state index in [4.69, 9.17) is 19.2 Å². The van der Waals surface area contributed by atoms with E-state index in [1.165, 1.54) is 0 Å². The van der Waals surface area contributed by atoms with Crippen molar-refractivity contribution in [3.63, 3.8) is 0 Å². The minimum Gasteiger partial charge on any atom is -0.458 e. The Balaban J connectivity index is 1.57. The van der Waals surface area contributed by atoms with Crippen molar-refractivity contribution in [2.24, 2.45) is 0 Å². The third kappa shape index (κ3) is 2.96. The maximum Gasteiger partial charge on any atom is 0.343 e. The van der Waals surface area contributed by atoms with Crippen LogP contribution < -0.4 is 15.0 Å². The van der Waals surface area contributed by atoms with E-state index >= 15 is 0 Å². The minimum atomic E-state index is -1.87. The molecular formula is C29H24N2O6. The first-order valence-corrected chi connectivity index (χ1v) is 12.3. The molecule has 186 valence electrons. The van der Waals surface area contributed by atoms with Gasteiger partial charge in [-0.2, -0.15) is 0 Å². The van der Waals surface area contributed by atoms with Crippen LogP contribution in [0.2, 0.25) is 0 Å². The smallest absolute Gasteiger partial charge is 0.343 e. The first-order valence-electron chi connectivity index (χ1n) is 12.3. The molecule has 0 spiro atoms. The first-order chi connectivity index (χ1) is 17.8. The van der Waals surface area contributed by atoms with E-state index in [1.54, 1.807) is 17.6 Å². The molecule has 5 heterocycles. The third-order valence-electron chi connectivity index (χ3n) is 7.69. The van der Waals surface area contributed by atoms with Gasteiger partial charge in [0.25, 0.3) is 5.56 Å². The van der Waals surface area contributed by atoms with Gasteiger partial charge in [0.15, 0.2) is 17.1 Å². The van der Waals surface area contributed by atoms with Gasteiger partial charge >= 0.3 is 5.97 Å². The zero-order chi connectivity index (χ0) is 25.6. The van der Waals surface area contributed by atoms with Crippen LogP contribution in [0, 0.1) is 13.8 Å². The Bertz CT molecular complexity index is 1730. The summed E-state index contributed by atoms with van der Waals surface area (Å²) in [6, 6.07) is 11.9. The molecule has 0 fully saturated rings. The fourth-order valence-electron chi connectivity index (χ4n) is 5.92. The summed E-state index contributed by atoms with van der Waals surface area (Å²) in [6.45, 7) is 6.12. The lowest BCUT2D eigenvalue weighted by atomic mass is 9.86. The molecule has 3 aliphatic rings. The summed E-state index contributed by atoms with van der Waals surface area (Å²) in [4.78, 5) is 31.2. The number of carbonyl (C=O) groups is 1. The van der Waals surface area contributed by atoms with Gasteiger partial charge in [0, 0.05) is 22.6 Å². The average molecular weight is 497 g/mol. The van der Waals surface area contributed by atoms with Crippen molar-refractivity contribution in [2.75, 3.05) is 6.79 Å². The van der Waals surface area contributed by atoms with E-state index in [0.29, 0.717) is 46.1 Å². The first kappa shape index (κ1) is 22.1. The van der Waals surface area contributed by atoms with Crippen molar-refractivity contribution >= 4 is 16.9 Å². The summed E-state index contributed by atoms with van der Waals surface area (Å²) >= 11 is 0. The van der Waals surface area contributed by atoms with E-state index in [-0.39, 0.29) is 25.4 Å². The summed E-state index contributed by atoms with van der Waals surface area (Å²) in [7, 11) is 0. The van der Waals surface area contributed by atoms with Crippen LogP contribution in [0.25, 0.3) is 33.4 Å². The van der Waals surface area contributed by atoms with E-state index in [1.807, 2.05) is 12.1 Å². The number of hydrogen-bond acceptors (Lipinski definition) is 7. The number of aromatic nitrogens is 2. The van der Waals surface area contributed by atoms with Gasteiger partial charge in [-0.25, -0.2) is 9.78 Å². The van der Waals surface area contributed by atoms with Crippen LogP contribution in [-0.4, -0.2) is 27.4 Å². The van der Waals surface area contributed by atoms with E-state index in [2.05, 4.69) is 32.0 Å². The molecule has 2 aromatic carbocycles. The minimum absolute atomic E-state index is 0.0943. The molecule has 8 heteroatoms. The second-order valence-corrected chi connectivity index (χ2v) is 10.0. The normalized spacial score (nSPS) is 19.0. The molecule has 1 unspecified atom stereocenters. The molecule has 0 saturated carbocycles. The standard InChI is InChI=1S/C29H24N2O6/c1-4-29(34)20-9-22-26-18(11-31(22)27(32)19(20)12-35-28(29)33)25(16-6-14(2)5-15(3)7-16)17-8-23-24(37-13-36-23)10-21(17)30-26/h5-10,34H,4,11-13H2,1-3H3. The van der Waals surface area contributed by atoms with Gasteiger partial charge in [-0.3, -0.25) is 4.79 Å². The number of benzene rings is 2. The Morgan fingerprint density at radius 3 is 2.43 bits per heavy atom. The van der Waals surface area contributed by atoms with Crippen LogP contribution in [0.5, 0.6) is 11.5 Å². The van der Waals surface area contributed by atoms with Crippen molar-refractivity contribution in [1.82, 2.24) is 9.55 Å². The SMILES string of the molecule is CCC1(O)C(=O)OCc2c1cc1n(c2=O)Cc2c-1nc1cc3c(cc1c2-c1cc(C)cc(C)c1)OCO3. The van der Waals surface area contributed by atoms with E-state index < -0.39 is 11.6 Å². The highest BCUT2D eigenvalue weighted by Gasteiger charge is 2.45. The van der Waals surface area contributed by atoms with Gasteiger partial charge < -0.3 is 23.9 Å². The van der Waals surface area contributed by atoms with Gasteiger partial charge in [-0.05, 0) is 43.5 Å². The number of esters is 1. The maximum absolute atomic E-state index is 13.7. The molecule has 37 heavy (non-hydrogen) atoms. The topological polar surface area (TPSA) is 99.9 Å². The number of aryl methyl sites for hydroxylation is 2. The van der Waals surface area contributed by atoms with Crippen molar-refractivity contribution in [3.8, 4) is 34.0 Å². The van der Waals surface area contributed by atoms with Gasteiger partial charge in [0.05, 0.1) is 29.0 Å². The van der Waals surface area contributed by atoms with Crippen LogP contribution in [0.3, 0.4) is 0 Å². The van der Waals surface area contributed by atoms with Crippen molar-refractivity contribution in [2.45, 2.75) is 45.9 Å². The molecule has 0 bridgehead atoms. The highest BCUT2D eigenvalue weighted by atomic mass is 16.7.